The van der Waals surface area contributed by atoms with Crippen LogP contribution in [0.15, 0.2) is 49.2 Å². The highest BCUT2D eigenvalue weighted by atomic mass is 14.7. The third-order valence-corrected chi connectivity index (χ3v) is 2.64. The van der Waals surface area contributed by atoms with Gasteiger partial charge in [-0.05, 0) is 17.2 Å². The SMILES string of the molecule is C=C1c2ccccc2-c2ncccc21. The second-order valence-electron chi connectivity index (χ2n) is 3.42. The number of aromatic nitrogens is 1. The van der Waals surface area contributed by atoms with Gasteiger partial charge in [0.2, 0.25) is 0 Å². The number of fused-ring (bicyclic) bond motifs is 3. The van der Waals surface area contributed by atoms with Gasteiger partial charge < -0.3 is 0 Å². The lowest BCUT2D eigenvalue weighted by Crippen LogP contribution is -1.80. The molecule has 0 atom stereocenters. The van der Waals surface area contributed by atoms with Crippen molar-refractivity contribution in [3.05, 3.63) is 60.3 Å². The monoisotopic (exact) mass is 179 g/mol. The molecule has 1 aliphatic carbocycles. The van der Waals surface area contributed by atoms with Crippen molar-refractivity contribution >= 4 is 5.57 Å². The van der Waals surface area contributed by atoms with E-state index in [1.165, 1.54) is 11.1 Å². The summed E-state index contributed by atoms with van der Waals surface area (Å²) < 4.78 is 0. The van der Waals surface area contributed by atoms with E-state index >= 15 is 0 Å². The predicted octanol–water partition coefficient (Wildman–Crippen LogP) is 3.12. The van der Waals surface area contributed by atoms with E-state index < -0.39 is 0 Å². The molecule has 1 aliphatic rings. The Morgan fingerprint density at radius 3 is 2.43 bits per heavy atom. The van der Waals surface area contributed by atoms with Crippen molar-refractivity contribution in [3.63, 3.8) is 0 Å². The number of rotatable bonds is 0. The summed E-state index contributed by atoms with van der Waals surface area (Å²) in [6.07, 6.45) is 1.83. The third-order valence-electron chi connectivity index (χ3n) is 2.64. The Morgan fingerprint density at radius 1 is 0.857 bits per heavy atom. The lowest BCUT2D eigenvalue weighted by molar-refractivity contribution is 1.33. The van der Waals surface area contributed by atoms with Gasteiger partial charge in [0.25, 0.3) is 0 Å². The van der Waals surface area contributed by atoms with Crippen molar-refractivity contribution in [2.45, 2.75) is 0 Å². The molecule has 0 bridgehead atoms. The van der Waals surface area contributed by atoms with Crippen LogP contribution < -0.4 is 0 Å². The summed E-state index contributed by atoms with van der Waals surface area (Å²) in [5, 5.41) is 0. The van der Waals surface area contributed by atoms with Crippen LogP contribution in [0.3, 0.4) is 0 Å². The Hall–Kier alpha value is -1.89. The summed E-state index contributed by atoms with van der Waals surface area (Å²) in [7, 11) is 0. The van der Waals surface area contributed by atoms with E-state index in [4.69, 9.17) is 0 Å². The highest BCUT2D eigenvalue weighted by molar-refractivity contribution is 5.98. The maximum absolute atomic E-state index is 4.39. The van der Waals surface area contributed by atoms with Crippen LogP contribution in [0.1, 0.15) is 11.1 Å². The van der Waals surface area contributed by atoms with E-state index in [9.17, 15) is 0 Å². The fourth-order valence-corrected chi connectivity index (χ4v) is 1.96. The Morgan fingerprint density at radius 2 is 1.57 bits per heavy atom. The van der Waals surface area contributed by atoms with E-state index in [2.05, 4.69) is 29.8 Å². The number of nitrogens with zero attached hydrogens (tertiary/aromatic N) is 1. The zero-order valence-electron chi connectivity index (χ0n) is 7.70. The van der Waals surface area contributed by atoms with Gasteiger partial charge >= 0.3 is 0 Å². The Balaban J connectivity index is 2.42. The fourth-order valence-electron chi connectivity index (χ4n) is 1.96. The molecule has 0 saturated heterocycles. The fraction of sp³-hybridized carbons (Fsp3) is 0. The minimum absolute atomic E-state index is 1.06. The molecule has 0 amide bonds. The molecule has 0 unspecified atom stereocenters. The van der Waals surface area contributed by atoms with Gasteiger partial charge in [0.1, 0.15) is 0 Å². The molecule has 0 saturated carbocycles. The standard InChI is InChI=1S/C13H9N/c1-9-10-5-2-3-6-12(10)13-11(9)7-4-8-14-13/h2-8H,1H2. The van der Waals surface area contributed by atoms with E-state index in [0.29, 0.717) is 0 Å². The first-order valence-electron chi connectivity index (χ1n) is 4.62. The summed E-state index contributed by atoms with van der Waals surface area (Å²) >= 11 is 0. The molecular weight excluding hydrogens is 170 g/mol. The van der Waals surface area contributed by atoms with E-state index in [1.54, 1.807) is 0 Å². The molecule has 14 heavy (non-hydrogen) atoms. The highest BCUT2D eigenvalue weighted by Gasteiger charge is 2.21. The van der Waals surface area contributed by atoms with E-state index in [-0.39, 0.29) is 0 Å². The van der Waals surface area contributed by atoms with Crippen molar-refractivity contribution in [2.75, 3.05) is 0 Å². The molecule has 0 radical (unpaired) electrons. The first-order valence-corrected chi connectivity index (χ1v) is 4.62. The maximum atomic E-state index is 4.39. The minimum atomic E-state index is 1.06. The van der Waals surface area contributed by atoms with Crippen LogP contribution in [0, 0.1) is 0 Å². The third kappa shape index (κ3) is 0.814. The maximum Gasteiger partial charge on any atom is 0.0786 e. The summed E-state index contributed by atoms with van der Waals surface area (Å²) in [4.78, 5) is 4.39. The van der Waals surface area contributed by atoms with Crippen LogP contribution in [-0.4, -0.2) is 4.98 Å². The molecule has 1 aromatic heterocycles. The lowest BCUT2D eigenvalue weighted by atomic mass is 10.1. The van der Waals surface area contributed by atoms with Crippen LogP contribution in [0.5, 0.6) is 0 Å². The summed E-state index contributed by atoms with van der Waals surface area (Å²) in [5.74, 6) is 0. The molecule has 0 spiro atoms. The topological polar surface area (TPSA) is 12.9 Å². The zero-order chi connectivity index (χ0) is 9.54. The molecule has 1 heteroatoms. The first-order chi connectivity index (χ1) is 6.88. The normalized spacial score (nSPS) is 12.4. The van der Waals surface area contributed by atoms with Gasteiger partial charge in [-0.2, -0.15) is 0 Å². The second kappa shape index (κ2) is 2.55. The van der Waals surface area contributed by atoms with E-state index in [1.807, 2.05) is 24.4 Å². The van der Waals surface area contributed by atoms with Crippen LogP contribution in [0.4, 0.5) is 0 Å². The summed E-state index contributed by atoms with van der Waals surface area (Å²) in [6, 6.07) is 12.3. The van der Waals surface area contributed by atoms with Crippen LogP contribution in [0.25, 0.3) is 16.8 Å². The van der Waals surface area contributed by atoms with Gasteiger partial charge in [-0.3, -0.25) is 4.98 Å². The molecule has 1 aromatic carbocycles. The molecule has 0 fully saturated rings. The van der Waals surface area contributed by atoms with Crippen molar-refractivity contribution < 1.29 is 0 Å². The molecular formula is C13H9N. The van der Waals surface area contributed by atoms with Crippen LogP contribution >= 0.6 is 0 Å². The molecule has 2 aromatic rings. The van der Waals surface area contributed by atoms with Gasteiger partial charge in [-0.1, -0.05) is 36.9 Å². The molecule has 1 nitrogen and oxygen atoms in total. The Kier molecular flexibility index (Phi) is 1.37. The molecule has 0 N–H and O–H groups in total. The average molecular weight is 179 g/mol. The van der Waals surface area contributed by atoms with Crippen LogP contribution in [0.2, 0.25) is 0 Å². The van der Waals surface area contributed by atoms with Crippen molar-refractivity contribution in [1.82, 2.24) is 4.98 Å². The lowest BCUT2D eigenvalue weighted by Gasteiger charge is -1.96. The quantitative estimate of drug-likeness (QED) is 0.516. The Bertz CT molecular complexity index is 479. The summed E-state index contributed by atoms with van der Waals surface area (Å²) in [6.45, 7) is 4.10. The van der Waals surface area contributed by atoms with E-state index in [0.717, 1.165) is 16.8 Å². The zero-order valence-corrected chi connectivity index (χ0v) is 7.70. The predicted molar refractivity (Wildman–Crippen MR) is 57.8 cm³/mol. The van der Waals surface area contributed by atoms with Crippen molar-refractivity contribution in [3.8, 4) is 11.3 Å². The molecule has 1 heterocycles. The molecule has 3 rings (SSSR count). The second-order valence-corrected chi connectivity index (χ2v) is 3.42. The van der Waals surface area contributed by atoms with Gasteiger partial charge in [0.05, 0.1) is 5.69 Å². The minimum Gasteiger partial charge on any atom is -0.256 e. The van der Waals surface area contributed by atoms with Crippen molar-refractivity contribution in [1.29, 1.82) is 0 Å². The summed E-state index contributed by atoms with van der Waals surface area (Å²) in [5.41, 5.74) is 5.72. The van der Waals surface area contributed by atoms with Gasteiger partial charge in [-0.25, -0.2) is 0 Å². The number of benzene rings is 1. The van der Waals surface area contributed by atoms with Gasteiger partial charge in [0.15, 0.2) is 0 Å². The number of pyridine rings is 1. The number of hydrogen-bond donors (Lipinski definition) is 0. The molecule has 66 valence electrons. The largest absolute Gasteiger partial charge is 0.256 e. The van der Waals surface area contributed by atoms with Crippen LogP contribution in [-0.2, 0) is 0 Å². The molecule has 0 aliphatic heterocycles. The Labute approximate surface area is 82.7 Å². The first kappa shape index (κ1) is 7.51. The van der Waals surface area contributed by atoms with Gasteiger partial charge in [-0.15, -0.1) is 0 Å². The smallest absolute Gasteiger partial charge is 0.0786 e. The highest BCUT2D eigenvalue weighted by Crippen LogP contribution is 2.41. The average Bonchev–Trinajstić information content (AvgIpc) is 2.55. The number of hydrogen-bond acceptors (Lipinski definition) is 1. The van der Waals surface area contributed by atoms with Crippen molar-refractivity contribution in [2.24, 2.45) is 0 Å². The van der Waals surface area contributed by atoms with Gasteiger partial charge in [0, 0.05) is 17.3 Å².